The van der Waals surface area contributed by atoms with Crippen molar-refractivity contribution in [2.75, 3.05) is 0 Å². The molecule has 1 heteroatoms. The molecule has 0 amide bonds. The number of hydrogen-bond acceptors (Lipinski definition) is 0. The molecule has 1 radical (unpaired) electrons. The quantitative estimate of drug-likeness (QED) is 0.658. The Morgan fingerprint density at radius 3 is 1.71 bits per heavy atom. The molecule has 0 heterocycles. The van der Waals surface area contributed by atoms with Crippen molar-refractivity contribution in [2.45, 2.75) is 33.1 Å². The summed E-state index contributed by atoms with van der Waals surface area (Å²) in [6.45, 7) is 9.91. The molecule has 0 aliphatic rings. The van der Waals surface area contributed by atoms with E-state index in [9.17, 15) is 0 Å². The van der Waals surface area contributed by atoms with Crippen molar-refractivity contribution >= 4 is 0 Å². The molecule has 1 aromatic carbocycles. The van der Waals surface area contributed by atoms with Gasteiger partial charge in [0.1, 0.15) is 0 Å². The van der Waals surface area contributed by atoms with Gasteiger partial charge in [0.15, 0.2) is 0 Å². The fourth-order valence-corrected chi connectivity index (χ4v) is 0.838. The second-order valence-corrected chi connectivity index (χ2v) is 3.07. The van der Waals surface area contributed by atoms with Crippen LogP contribution in [0.25, 0.3) is 0 Å². The van der Waals surface area contributed by atoms with Crippen LogP contribution in [0.2, 0.25) is 0 Å². The molecule has 1 aromatic rings. The van der Waals surface area contributed by atoms with Crippen LogP contribution in [0.3, 0.4) is 0 Å². The van der Waals surface area contributed by atoms with E-state index >= 15 is 0 Å². The summed E-state index contributed by atoms with van der Waals surface area (Å²) < 4.78 is 0. The molecule has 0 nitrogen and oxygen atoms in total. The first-order chi connectivity index (χ1) is 5.72. The first kappa shape index (κ1) is 19.8. The smallest absolute Gasteiger partial charge is 0 e. The fraction of sp³-hybridized carbons (Fsp3) is 0.385. The van der Waals surface area contributed by atoms with Crippen LogP contribution in [0.4, 0.5) is 0 Å². The Morgan fingerprint density at radius 1 is 1.14 bits per heavy atom. The summed E-state index contributed by atoms with van der Waals surface area (Å²) in [5.74, 6) is 0.659. The predicted molar refractivity (Wildman–Crippen MR) is 62.6 cm³/mol. The van der Waals surface area contributed by atoms with Crippen molar-refractivity contribution in [1.29, 1.82) is 0 Å². The summed E-state index contributed by atoms with van der Waals surface area (Å²) >= 11 is 0. The molecular formula is C13H22Y-2. The van der Waals surface area contributed by atoms with Gasteiger partial charge in [-0.2, -0.15) is 6.42 Å². The molecule has 0 saturated carbocycles. The van der Waals surface area contributed by atoms with Crippen LogP contribution >= 0.6 is 0 Å². The summed E-state index contributed by atoms with van der Waals surface area (Å²) in [5, 5.41) is 0. The molecule has 0 aromatic heterocycles. The number of hydrogen-bond donors (Lipinski definition) is 0. The van der Waals surface area contributed by atoms with Crippen molar-refractivity contribution in [3.05, 3.63) is 50.2 Å². The second-order valence-electron chi connectivity index (χ2n) is 3.07. The van der Waals surface area contributed by atoms with Crippen molar-refractivity contribution in [3.63, 3.8) is 0 Å². The van der Waals surface area contributed by atoms with E-state index in [1.54, 1.807) is 0 Å². The Hall–Kier alpha value is 0.324. The molecule has 0 atom stereocenters. The Labute approximate surface area is 115 Å². The van der Waals surface area contributed by atoms with E-state index in [1.807, 2.05) is 13.0 Å². The largest absolute Gasteiger partial charge is 0.358 e. The van der Waals surface area contributed by atoms with Gasteiger partial charge in [-0.3, -0.25) is 0 Å². The van der Waals surface area contributed by atoms with Gasteiger partial charge in [0, 0.05) is 32.7 Å². The maximum Gasteiger partial charge on any atom is 0 e. The van der Waals surface area contributed by atoms with Crippen LogP contribution in [-0.4, -0.2) is 0 Å². The van der Waals surface area contributed by atoms with Crippen LogP contribution in [-0.2, 0) is 32.7 Å². The third-order valence-corrected chi connectivity index (χ3v) is 1.47. The normalized spacial score (nSPS) is 7.79. The molecule has 0 aliphatic carbocycles. The van der Waals surface area contributed by atoms with E-state index in [0.29, 0.717) is 5.92 Å². The first-order valence-corrected chi connectivity index (χ1v) is 4.56. The van der Waals surface area contributed by atoms with Crippen LogP contribution in [0, 0.1) is 14.4 Å². The zero-order chi connectivity index (χ0) is 9.40. The van der Waals surface area contributed by atoms with Crippen LogP contribution in [0.5, 0.6) is 0 Å². The molecule has 14 heavy (non-hydrogen) atoms. The van der Waals surface area contributed by atoms with Crippen LogP contribution in [0.1, 0.15) is 38.7 Å². The summed E-state index contributed by atoms with van der Waals surface area (Å²) in [5.41, 5.74) is 1.41. The molecule has 1 rings (SSSR count). The monoisotopic (exact) mass is 267 g/mol. The van der Waals surface area contributed by atoms with E-state index in [4.69, 9.17) is 0 Å². The average Bonchev–Trinajstić information content (AvgIpc) is 2.07. The zero-order valence-corrected chi connectivity index (χ0v) is 12.8. The third kappa shape index (κ3) is 10.4. The van der Waals surface area contributed by atoms with Gasteiger partial charge in [-0.15, -0.1) is 0 Å². The van der Waals surface area contributed by atoms with Crippen molar-refractivity contribution in [3.8, 4) is 0 Å². The molecule has 0 saturated heterocycles. The Bertz CT molecular complexity index is 180. The predicted octanol–water partition coefficient (Wildman–Crippen LogP) is 4.49. The summed E-state index contributed by atoms with van der Waals surface area (Å²) in [7, 11) is 0. The summed E-state index contributed by atoms with van der Waals surface area (Å²) in [6, 6.07) is 10.5. The molecule has 79 valence electrons. The standard InChI is InChI=1S/C9H12.C3H7.CH3.Y/c1-8(2)9-6-4-3-5-7-9;1-3-2;;/h3-8H,1-2H3;1,3H2,2H3;1H3;/q;2*-1;. The van der Waals surface area contributed by atoms with E-state index < -0.39 is 0 Å². The molecule has 0 unspecified atom stereocenters. The van der Waals surface area contributed by atoms with Crippen molar-refractivity contribution in [1.82, 2.24) is 0 Å². The second kappa shape index (κ2) is 13.3. The van der Waals surface area contributed by atoms with Crippen LogP contribution in [0.15, 0.2) is 30.3 Å². The van der Waals surface area contributed by atoms with Gasteiger partial charge in [-0.05, 0) is 11.5 Å². The molecule has 0 bridgehead atoms. The first-order valence-electron chi connectivity index (χ1n) is 4.56. The average molecular weight is 267 g/mol. The number of rotatable bonds is 1. The van der Waals surface area contributed by atoms with Gasteiger partial charge < -0.3 is 14.4 Å². The Kier molecular flexibility index (Phi) is 18.9. The topological polar surface area (TPSA) is 0 Å². The van der Waals surface area contributed by atoms with Gasteiger partial charge in [-0.1, -0.05) is 51.1 Å². The van der Waals surface area contributed by atoms with Gasteiger partial charge in [0.25, 0.3) is 0 Å². The third-order valence-electron chi connectivity index (χ3n) is 1.47. The maximum absolute atomic E-state index is 3.49. The minimum Gasteiger partial charge on any atom is -0.358 e. The minimum atomic E-state index is 0. The zero-order valence-electron chi connectivity index (χ0n) is 9.96. The van der Waals surface area contributed by atoms with Gasteiger partial charge in [-0.25, -0.2) is 0 Å². The molecule has 0 spiro atoms. The van der Waals surface area contributed by atoms with E-state index in [-0.39, 0.29) is 40.1 Å². The van der Waals surface area contributed by atoms with Gasteiger partial charge >= 0.3 is 0 Å². The van der Waals surface area contributed by atoms with Crippen molar-refractivity contribution in [2.24, 2.45) is 0 Å². The van der Waals surface area contributed by atoms with E-state index in [2.05, 4.69) is 45.0 Å². The fourth-order valence-electron chi connectivity index (χ4n) is 0.838. The molecule has 0 fully saturated rings. The van der Waals surface area contributed by atoms with Crippen molar-refractivity contribution < 1.29 is 32.7 Å². The molecule has 0 aliphatic heterocycles. The minimum absolute atomic E-state index is 0. The summed E-state index contributed by atoms with van der Waals surface area (Å²) in [4.78, 5) is 0. The maximum atomic E-state index is 3.49. The van der Waals surface area contributed by atoms with Gasteiger partial charge in [0.2, 0.25) is 0 Å². The molecular weight excluding hydrogens is 245 g/mol. The van der Waals surface area contributed by atoms with Crippen LogP contribution < -0.4 is 0 Å². The number of benzene rings is 1. The summed E-state index contributed by atoms with van der Waals surface area (Å²) in [6.07, 6.45) is 1.00. The Morgan fingerprint density at radius 2 is 1.50 bits per heavy atom. The molecule has 0 N–H and O–H groups in total. The van der Waals surface area contributed by atoms with E-state index in [1.165, 1.54) is 5.56 Å². The van der Waals surface area contributed by atoms with Gasteiger partial charge in [0.05, 0.1) is 0 Å². The van der Waals surface area contributed by atoms with E-state index in [0.717, 1.165) is 6.42 Å². The SMILES string of the molecule is CC(C)c1ccccc1.[CH2-]CC.[CH3-].[Y]. The Balaban J connectivity index is -0.000000218.